The molecule has 0 fully saturated rings. The number of hydrogen-bond acceptors (Lipinski definition) is 5. The van der Waals surface area contributed by atoms with E-state index in [9.17, 15) is 9.59 Å². The molecule has 3 aromatic rings. The molecule has 0 aliphatic rings. The van der Waals surface area contributed by atoms with Crippen molar-refractivity contribution in [2.75, 3.05) is 6.61 Å². The van der Waals surface area contributed by atoms with Gasteiger partial charge in [0.05, 0.1) is 0 Å². The fraction of sp³-hybridized carbons (Fsp3) is 0.286. The number of aryl methyl sites for hydroxylation is 2. The highest BCUT2D eigenvalue weighted by Crippen LogP contribution is 2.28. The number of carbonyl (C=O) groups is 1. The largest absolute Gasteiger partial charge is 0.483 e. The lowest BCUT2D eigenvalue weighted by molar-refractivity contribution is -0.123. The fourth-order valence-electron chi connectivity index (χ4n) is 2.94. The third-order valence-electron chi connectivity index (χ3n) is 4.29. The number of rotatable bonds is 7. The molecule has 0 saturated carbocycles. The van der Waals surface area contributed by atoms with Gasteiger partial charge in [-0.3, -0.25) is 9.78 Å². The van der Waals surface area contributed by atoms with Gasteiger partial charge >= 0.3 is 5.63 Å². The third kappa shape index (κ3) is 4.53. The summed E-state index contributed by atoms with van der Waals surface area (Å²) in [5.74, 6) is 0.287. The summed E-state index contributed by atoms with van der Waals surface area (Å²) in [6.45, 7) is 4.16. The Balaban J connectivity index is 1.71. The first-order valence-electron chi connectivity index (χ1n) is 8.93. The number of benzene rings is 1. The minimum absolute atomic E-state index is 0.120. The van der Waals surface area contributed by atoms with Crippen LogP contribution < -0.4 is 15.7 Å². The van der Waals surface area contributed by atoms with Crippen LogP contribution in [0.3, 0.4) is 0 Å². The predicted molar refractivity (Wildman–Crippen MR) is 103 cm³/mol. The zero-order chi connectivity index (χ0) is 19.2. The van der Waals surface area contributed by atoms with E-state index in [-0.39, 0.29) is 18.1 Å². The summed E-state index contributed by atoms with van der Waals surface area (Å²) in [5, 5.41) is 3.69. The average Bonchev–Trinajstić information content (AvgIpc) is 2.67. The van der Waals surface area contributed by atoms with Gasteiger partial charge in [-0.2, -0.15) is 0 Å². The summed E-state index contributed by atoms with van der Waals surface area (Å²) in [5.41, 5.74) is 2.73. The lowest BCUT2D eigenvalue weighted by Crippen LogP contribution is -2.28. The highest BCUT2D eigenvalue weighted by atomic mass is 16.5. The Labute approximate surface area is 157 Å². The standard InChI is InChI=1S/C21H22N2O4/c1-3-5-16-10-20(25)27-21-14(2)18(8-7-17(16)21)26-13-19(24)23-12-15-6-4-9-22-11-15/h4,6-11H,3,5,12-13H2,1-2H3,(H,23,24). The molecular formula is C21H22N2O4. The molecule has 0 unspecified atom stereocenters. The zero-order valence-electron chi connectivity index (χ0n) is 15.5. The third-order valence-corrected chi connectivity index (χ3v) is 4.29. The molecule has 0 aliphatic carbocycles. The van der Waals surface area contributed by atoms with E-state index in [0.717, 1.165) is 29.4 Å². The van der Waals surface area contributed by atoms with Gasteiger partial charge in [-0.25, -0.2) is 4.79 Å². The number of ether oxygens (including phenoxy) is 1. The van der Waals surface area contributed by atoms with Crippen LogP contribution in [0.25, 0.3) is 11.0 Å². The summed E-state index contributed by atoms with van der Waals surface area (Å²) in [7, 11) is 0. The van der Waals surface area contributed by atoms with Crippen molar-refractivity contribution < 1.29 is 13.9 Å². The molecule has 6 nitrogen and oxygen atoms in total. The second-order valence-electron chi connectivity index (χ2n) is 6.33. The van der Waals surface area contributed by atoms with Gasteiger partial charge in [-0.05, 0) is 42.7 Å². The van der Waals surface area contributed by atoms with Crippen LogP contribution in [0, 0.1) is 6.92 Å². The van der Waals surface area contributed by atoms with Gasteiger partial charge in [-0.1, -0.05) is 19.4 Å². The van der Waals surface area contributed by atoms with E-state index < -0.39 is 0 Å². The number of pyridine rings is 1. The van der Waals surface area contributed by atoms with E-state index in [1.807, 2.05) is 31.2 Å². The first-order valence-corrected chi connectivity index (χ1v) is 8.93. The number of carbonyl (C=O) groups excluding carboxylic acids is 1. The van der Waals surface area contributed by atoms with Gasteiger partial charge in [0.25, 0.3) is 5.91 Å². The van der Waals surface area contributed by atoms with E-state index in [0.29, 0.717) is 23.4 Å². The minimum Gasteiger partial charge on any atom is -0.483 e. The molecule has 6 heteroatoms. The molecule has 0 spiro atoms. The summed E-state index contributed by atoms with van der Waals surface area (Å²) >= 11 is 0. The first kappa shape index (κ1) is 18.6. The van der Waals surface area contributed by atoms with E-state index >= 15 is 0 Å². The van der Waals surface area contributed by atoms with Crippen LogP contribution in [0.2, 0.25) is 0 Å². The Morgan fingerprint density at radius 3 is 2.89 bits per heavy atom. The zero-order valence-corrected chi connectivity index (χ0v) is 15.5. The van der Waals surface area contributed by atoms with E-state index in [1.54, 1.807) is 12.4 Å². The van der Waals surface area contributed by atoms with Gasteiger partial charge < -0.3 is 14.5 Å². The molecule has 0 aliphatic heterocycles. The quantitative estimate of drug-likeness (QED) is 0.650. The van der Waals surface area contributed by atoms with Crippen molar-refractivity contribution in [3.63, 3.8) is 0 Å². The molecule has 1 amide bonds. The van der Waals surface area contributed by atoms with E-state index in [2.05, 4.69) is 17.2 Å². The molecular weight excluding hydrogens is 344 g/mol. The van der Waals surface area contributed by atoms with Crippen LogP contribution in [0.5, 0.6) is 5.75 Å². The summed E-state index contributed by atoms with van der Waals surface area (Å²) < 4.78 is 11.0. The number of nitrogens with one attached hydrogen (secondary N) is 1. The van der Waals surface area contributed by atoms with Crippen molar-refractivity contribution in [2.24, 2.45) is 0 Å². The fourth-order valence-corrected chi connectivity index (χ4v) is 2.94. The molecule has 2 heterocycles. The smallest absolute Gasteiger partial charge is 0.336 e. The molecule has 27 heavy (non-hydrogen) atoms. The monoisotopic (exact) mass is 366 g/mol. The molecule has 0 bridgehead atoms. The molecule has 2 aromatic heterocycles. The predicted octanol–water partition coefficient (Wildman–Crippen LogP) is 3.14. The van der Waals surface area contributed by atoms with Crippen LogP contribution in [-0.2, 0) is 17.8 Å². The maximum absolute atomic E-state index is 12.0. The van der Waals surface area contributed by atoms with Crippen molar-refractivity contribution in [1.29, 1.82) is 0 Å². The van der Waals surface area contributed by atoms with E-state index in [4.69, 9.17) is 9.15 Å². The van der Waals surface area contributed by atoms with E-state index in [1.165, 1.54) is 6.07 Å². The van der Waals surface area contributed by atoms with Crippen molar-refractivity contribution in [1.82, 2.24) is 10.3 Å². The summed E-state index contributed by atoms with van der Waals surface area (Å²) in [4.78, 5) is 27.9. The van der Waals surface area contributed by atoms with Crippen LogP contribution in [0.4, 0.5) is 0 Å². The van der Waals surface area contributed by atoms with Crippen molar-refractivity contribution in [2.45, 2.75) is 33.2 Å². The number of amides is 1. The molecule has 0 atom stereocenters. The minimum atomic E-state index is -0.375. The van der Waals surface area contributed by atoms with Crippen molar-refractivity contribution in [3.8, 4) is 5.75 Å². The van der Waals surface area contributed by atoms with Gasteiger partial charge in [0, 0.05) is 36.0 Å². The van der Waals surface area contributed by atoms with Gasteiger partial charge in [-0.15, -0.1) is 0 Å². The van der Waals surface area contributed by atoms with Crippen molar-refractivity contribution in [3.05, 3.63) is 69.8 Å². The Bertz CT molecular complexity index is 996. The Hall–Kier alpha value is -3.15. The normalized spacial score (nSPS) is 10.7. The second kappa shape index (κ2) is 8.49. The highest BCUT2D eigenvalue weighted by Gasteiger charge is 2.12. The van der Waals surface area contributed by atoms with Crippen LogP contribution in [0.15, 0.2) is 51.9 Å². The van der Waals surface area contributed by atoms with Crippen LogP contribution in [-0.4, -0.2) is 17.5 Å². The molecule has 1 N–H and O–H groups in total. The highest BCUT2D eigenvalue weighted by molar-refractivity contribution is 5.85. The maximum Gasteiger partial charge on any atom is 0.336 e. The summed E-state index contributed by atoms with van der Waals surface area (Å²) in [6, 6.07) is 8.93. The second-order valence-corrected chi connectivity index (χ2v) is 6.33. The number of fused-ring (bicyclic) bond motifs is 1. The lowest BCUT2D eigenvalue weighted by atomic mass is 10.0. The lowest BCUT2D eigenvalue weighted by Gasteiger charge is -2.12. The SMILES string of the molecule is CCCc1cc(=O)oc2c(C)c(OCC(=O)NCc3cccnc3)ccc12. The van der Waals surface area contributed by atoms with Gasteiger partial charge in [0.15, 0.2) is 6.61 Å². The Morgan fingerprint density at radius 2 is 2.15 bits per heavy atom. The Morgan fingerprint density at radius 1 is 1.30 bits per heavy atom. The van der Waals surface area contributed by atoms with Crippen LogP contribution in [0.1, 0.15) is 30.0 Å². The molecule has 1 aromatic carbocycles. The maximum atomic E-state index is 12.0. The van der Waals surface area contributed by atoms with Gasteiger partial charge in [0.2, 0.25) is 0 Å². The van der Waals surface area contributed by atoms with Gasteiger partial charge in [0.1, 0.15) is 11.3 Å². The Kier molecular flexibility index (Phi) is 5.86. The molecule has 0 saturated heterocycles. The van der Waals surface area contributed by atoms with Crippen LogP contribution >= 0.6 is 0 Å². The molecule has 0 radical (unpaired) electrons. The molecule has 140 valence electrons. The number of nitrogens with zero attached hydrogens (tertiary/aromatic N) is 1. The molecule has 3 rings (SSSR count). The topological polar surface area (TPSA) is 81.4 Å². The van der Waals surface area contributed by atoms with Crippen molar-refractivity contribution >= 4 is 16.9 Å². The number of hydrogen-bond donors (Lipinski definition) is 1. The summed E-state index contributed by atoms with van der Waals surface area (Å²) in [6.07, 6.45) is 5.12. The number of aromatic nitrogens is 1. The first-order chi connectivity index (χ1) is 13.1. The average molecular weight is 366 g/mol.